The Morgan fingerprint density at radius 2 is 0.796 bits per heavy atom. The van der Waals surface area contributed by atoms with E-state index in [4.69, 9.17) is 8.83 Å². The Bertz CT molecular complexity index is 3450. The van der Waals surface area contributed by atoms with E-state index in [-0.39, 0.29) is 0 Å². The largest absolute Gasteiger partial charge is 0.456 e. The van der Waals surface area contributed by atoms with Crippen molar-refractivity contribution in [3.63, 3.8) is 0 Å². The molecule has 0 unspecified atom stereocenters. The Hall–Kier alpha value is -7.16. The van der Waals surface area contributed by atoms with Crippen molar-refractivity contribution in [3.8, 4) is 33.4 Å². The predicted octanol–water partition coefficient (Wildman–Crippen LogP) is 15.1. The third-order valence-electron chi connectivity index (χ3n) is 11.5. The Morgan fingerprint density at radius 1 is 0.278 bits per heavy atom. The second kappa shape index (κ2) is 11.2. The average molecular weight is 687 g/mol. The zero-order valence-corrected chi connectivity index (χ0v) is 29.1. The first-order valence-corrected chi connectivity index (χ1v) is 18.5. The summed E-state index contributed by atoms with van der Waals surface area (Å²) in [5.74, 6) is 0. The number of rotatable bonds is 3. The summed E-state index contributed by atoms with van der Waals surface area (Å²) in [6, 6.07) is 65.6. The lowest BCUT2D eigenvalue weighted by atomic mass is 9.84. The fraction of sp³-hybridized carbons (Fsp3) is 0. The molecule has 2 nitrogen and oxygen atoms in total. The van der Waals surface area contributed by atoms with Crippen LogP contribution in [0.4, 0.5) is 0 Å². The molecule has 12 rings (SSSR count). The molecule has 0 saturated heterocycles. The second-order valence-electron chi connectivity index (χ2n) is 14.3. The Kier molecular flexibility index (Phi) is 6.09. The molecule has 2 heterocycles. The van der Waals surface area contributed by atoms with E-state index in [1.807, 2.05) is 12.1 Å². The van der Waals surface area contributed by atoms with Crippen LogP contribution in [0.15, 0.2) is 191 Å². The van der Waals surface area contributed by atoms with Gasteiger partial charge in [0.2, 0.25) is 0 Å². The van der Waals surface area contributed by atoms with Crippen LogP contribution in [0, 0.1) is 0 Å². The number of para-hydroxylation sites is 2. The van der Waals surface area contributed by atoms with Crippen LogP contribution >= 0.6 is 0 Å². The average Bonchev–Trinajstić information content (AvgIpc) is 3.81. The zero-order chi connectivity index (χ0) is 35.3. The quantitative estimate of drug-likeness (QED) is 0.137. The van der Waals surface area contributed by atoms with Gasteiger partial charge in [0.1, 0.15) is 22.3 Å². The van der Waals surface area contributed by atoms with Gasteiger partial charge < -0.3 is 8.83 Å². The van der Waals surface area contributed by atoms with Crippen molar-refractivity contribution in [3.05, 3.63) is 182 Å². The van der Waals surface area contributed by atoms with Crippen LogP contribution < -0.4 is 0 Å². The Balaban J connectivity index is 1.14. The number of fused-ring (bicyclic) bond motifs is 11. The first kappa shape index (κ1) is 29.4. The number of hydrogen-bond donors (Lipinski definition) is 0. The van der Waals surface area contributed by atoms with E-state index < -0.39 is 0 Å². The smallest absolute Gasteiger partial charge is 0.143 e. The summed E-state index contributed by atoms with van der Waals surface area (Å²) in [6.07, 6.45) is 0. The molecule has 2 heteroatoms. The molecule has 0 aliphatic heterocycles. The molecule has 0 aliphatic rings. The summed E-state index contributed by atoms with van der Waals surface area (Å²) in [6.45, 7) is 0. The van der Waals surface area contributed by atoms with Crippen LogP contribution in [-0.4, -0.2) is 0 Å². The van der Waals surface area contributed by atoms with Gasteiger partial charge in [0.25, 0.3) is 0 Å². The van der Waals surface area contributed by atoms with Crippen LogP contribution in [0.2, 0.25) is 0 Å². The van der Waals surface area contributed by atoms with Gasteiger partial charge in [-0.15, -0.1) is 0 Å². The summed E-state index contributed by atoms with van der Waals surface area (Å²) in [4.78, 5) is 0. The fourth-order valence-corrected chi connectivity index (χ4v) is 9.06. The molecule has 0 amide bonds. The topological polar surface area (TPSA) is 26.3 Å². The van der Waals surface area contributed by atoms with Crippen molar-refractivity contribution in [1.29, 1.82) is 0 Å². The first-order chi connectivity index (χ1) is 26.8. The molecule has 0 aliphatic carbocycles. The highest BCUT2D eigenvalue weighted by Crippen LogP contribution is 2.49. The summed E-state index contributed by atoms with van der Waals surface area (Å²) in [7, 11) is 0. The van der Waals surface area contributed by atoms with Gasteiger partial charge in [0.15, 0.2) is 0 Å². The van der Waals surface area contributed by atoms with Crippen LogP contribution in [0.1, 0.15) is 0 Å². The van der Waals surface area contributed by atoms with Gasteiger partial charge in [-0.1, -0.05) is 146 Å². The van der Waals surface area contributed by atoms with E-state index in [0.29, 0.717) is 0 Å². The molecule has 0 atom stereocenters. The molecule has 12 aromatic rings. The molecule has 0 fully saturated rings. The van der Waals surface area contributed by atoms with Crippen molar-refractivity contribution in [2.75, 3.05) is 0 Å². The van der Waals surface area contributed by atoms with Crippen LogP contribution in [0.25, 0.3) is 120 Å². The number of hydrogen-bond acceptors (Lipinski definition) is 2. The maximum absolute atomic E-state index is 6.83. The lowest BCUT2D eigenvalue weighted by Gasteiger charge is -2.19. The van der Waals surface area contributed by atoms with Crippen LogP contribution in [0.3, 0.4) is 0 Å². The Labute approximate surface area is 310 Å². The monoisotopic (exact) mass is 686 g/mol. The van der Waals surface area contributed by atoms with Crippen molar-refractivity contribution in [1.82, 2.24) is 0 Å². The van der Waals surface area contributed by atoms with Crippen molar-refractivity contribution >= 4 is 87.0 Å². The number of furan rings is 2. The highest BCUT2D eigenvalue weighted by Gasteiger charge is 2.23. The molecule has 10 aromatic carbocycles. The van der Waals surface area contributed by atoms with Crippen molar-refractivity contribution in [2.24, 2.45) is 0 Å². The second-order valence-corrected chi connectivity index (χ2v) is 14.3. The highest BCUT2D eigenvalue weighted by molar-refractivity contribution is 6.27. The molecular weight excluding hydrogens is 657 g/mol. The normalized spacial score (nSPS) is 12.1. The van der Waals surface area contributed by atoms with Gasteiger partial charge >= 0.3 is 0 Å². The summed E-state index contributed by atoms with van der Waals surface area (Å²) >= 11 is 0. The van der Waals surface area contributed by atoms with Crippen molar-refractivity contribution < 1.29 is 8.83 Å². The van der Waals surface area contributed by atoms with Crippen molar-refractivity contribution in [2.45, 2.75) is 0 Å². The third kappa shape index (κ3) is 4.17. The van der Waals surface area contributed by atoms with Gasteiger partial charge in [-0.05, 0) is 107 Å². The van der Waals surface area contributed by atoms with Gasteiger partial charge in [0, 0.05) is 27.1 Å². The van der Waals surface area contributed by atoms with E-state index in [2.05, 4.69) is 170 Å². The minimum absolute atomic E-state index is 0.872. The molecule has 250 valence electrons. The molecule has 0 N–H and O–H groups in total. The maximum Gasteiger partial charge on any atom is 0.143 e. The Morgan fingerprint density at radius 3 is 1.56 bits per heavy atom. The van der Waals surface area contributed by atoms with Crippen LogP contribution in [-0.2, 0) is 0 Å². The maximum atomic E-state index is 6.83. The lowest BCUT2D eigenvalue weighted by molar-refractivity contribution is 0.668. The summed E-state index contributed by atoms with van der Waals surface area (Å²) < 4.78 is 13.2. The van der Waals surface area contributed by atoms with E-state index >= 15 is 0 Å². The lowest BCUT2D eigenvalue weighted by Crippen LogP contribution is -1.92. The number of benzene rings is 10. The van der Waals surface area contributed by atoms with Gasteiger partial charge in [-0.25, -0.2) is 0 Å². The molecule has 54 heavy (non-hydrogen) atoms. The third-order valence-corrected chi connectivity index (χ3v) is 11.5. The van der Waals surface area contributed by atoms with Gasteiger partial charge in [-0.2, -0.15) is 0 Å². The summed E-state index contributed by atoms with van der Waals surface area (Å²) in [5, 5.41) is 14.4. The van der Waals surface area contributed by atoms with E-state index in [9.17, 15) is 0 Å². The van der Waals surface area contributed by atoms with Gasteiger partial charge in [0.05, 0.1) is 0 Å². The van der Waals surface area contributed by atoms with Gasteiger partial charge in [-0.3, -0.25) is 0 Å². The van der Waals surface area contributed by atoms with E-state index in [1.54, 1.807) is 0 Å². The molecule has 2 aromatic heterocycles. The minimum Gasteiger partial charge on any atom is -0.456 e. The minimum atomic E-state index is 0.872. The molecule has 0 saturated carbocycles. The van der Waals surface area contributed by atoms with E-state index in [1.165, 1.54) is 59.8 Å². The molecule has 0 spiro atoms. The fourth-order valence-electron chi connectivity index (χ4n) is 9.06. The zero-order valence-electron chi connectivity index (χ0n) is 29.1. The standard InChI is InChI=1S/C52H30O2/c1-2-12-35-31(11-1)21-22-32-29-34(24-25-36(32)35)49-40-14-3-5-16-42(40)50(43-17-6-4-15-41(43)49)45-28-27-37(52-51(45)44-18-8-10-20-47(44)54-52)33-23-26-39-38-13-7-9-19-46(38)53-48(39)30-33/h1-30H. The van der Waals surface area contributed by atoms with E-state index in [0.717, 1.165) is 60.6 Å². The molecule has 0 bridgehead atoms. The predicted molar refractivity (Wildman–Crippen MR) is 227 cm³/mol. The SMILES string of the molecule is c1ccc2c(c1)ccc1cc(-c3c4ccccc4c(-c4ccc(-c5ccc6c(c5)oc5ccccc56)c5oc6ccccc6c45)c4ccccc34)ccc12. The molecule has 0 radical (unpaired) electrons. The molecular formula is C52H30O2. The van der Waals surface area contributed by atoms with Crippen LogP contribution in [0.5, 0.6) is 0 Å². The first-order valence-electron chi connectivity index (χ1n) is 18.5. The summed E-state index contributed by atoms with van der Waals surface area (Å²) in [5.41, 5.74) is 10.5. The highest BCUT2D eigenvalue weighted by atomic mass is 16.3.